The molecule has 0 atom stereocenters. The lowest BCUT2D eigenvalue weighted by molar-refractivity contribution is -0.248. The van der Waals surface area contributed by atoms with Crippen molar-refractivity contribution in [3.8, 4) is 0 Å². The summed E-state index contributed by atoms with van der Waals surface area (Å²) in [6.07, 6.45) is 0.110. The van der Waals surface area contributed by atoms with E-state index >= 15 is 0 Å². The first kappa shape index (κ1) is 17.9. The van der Waals surface area contributed by atoms with Crippen LogP contribution in [0.3, 0.4) is 0 Å². The third-order valence-electron chi connectivity index (χ3n) is 2.30. The Hall–Kier alpha value is -1.14. The van der Waals surface area contributed by atoms with Gasteiger partial charge >= 0.3 is 11.9 Å². The highest BCUT2D eigenvalue weighted by atomic mass is 16.7. The maximum Gasteiger partial charge on any atom is 0.366 e. The third kappa shape index (κ3) is 6.02. The van der Waals surface area contributed by atoms with Crippen molar-refractivity contribution in [2.75, 3.05) is 26.4 Å². The van der Waals surface area contributed by atoms with Gasteiger partial charge in [0, 0.05) is 19.6 Å². The van der Waals surface area contributed by atoms with Crippen LogP contribution < -0.4 is 0 Å². The molecule has 0 saturated heterocycles. The second-order valence-corrected chi connectivity index (χ2v) is 3.64. The zero-order valence-corrected chi connectivity index (χ0v) is 12.2. The molecule has 0 aliphatic carbocycles. The minimum absolute atomic E-state index is 0.0344. The van der Waals surface area contributed by atoms with Crippen LogP contribution in [0.2, 0.25) is 0 Å². The van der Waals surface area contributed by atoms with Crippen molar-refractivity contribution in [2.45, 2.75) is 46.3 Å². The Morgan fingerprint density at radius 3 is 1.79 bits per heavy atom. The Balaban J connectivity index is 4.79. The van der Waals surface area contributed by atoms with E-state index in [1.54, 1.807) is 27.7 Å². The van der Waals surface area contributed by atoms with E-state index in [1.165, 1.54) is 0 Å². The minimum atomic E-state index is -1.52. The van der Waals surface area contributed by atoms with Crippen molar-refractivity contribution in [1.29, 1.82) is 0 Å². The van der Waals surface area contributed by atoms with Gasteiger partial charge in [-0.15, -0.1) is 0 Å². The molecule has 0 spiro atoms. The maximum absolute atomic E-state index is 12.0. The Morgan fingerprint density at radius 2 is 1.37 bits per heavy atom. The molecular formula is C13H24O6. The van der Waals surface area contributed by atoms with Crippen molar-refractivity contribution < 1.29 is 28.5 Å². The molecule has 0 bridgehead atoms. The first-order valence-electron chi connectivity index (χ1n) is 6.66. The highest BCUT2D eigenvalue weighted by Crippen LogP contribution is 2.23. The van der Waals surface area contributed by atoms with Crippen LogP contribution in [-0.4, -0.2) is 44.2 Å². The number of carbonyl (C=O) groups excluding carboxylic acids is 2. The smallest absolute Gasteiger partial charge is 0.366 e. The van der Waals surface area contributed by atoms with Gasteiger partial charge in [0.2, 0.25) is 0 Å². The second-order valence-electron chi connectivity index (χ2n) is 3.64. The first-order chi connectivity index (χ1) is 9.06. The summed E-state index contributed by atoms with van der Waals surface area (Å²) >= 11 is 0. The lowest BCUT2D eigenvalue weighted by atomic mass is 10.1. The standard InChI is InChI=1S/C13H24O6/c1-5-16-11(14)9-10-13(18-7-3,19-8-4)12(15)17-6-2/h5-10H2,1-4H3. The van der Waals surface area contributed by atoms with Gasteiger partial charge < -0.3 is 18.9 Å². The van der Waals surface area contributed by atoms with Gasteiger partial charge in [-0.25, -0.2) is 4.79 Å². The summed E-state index contributed by atoms with van der Waals surface area (Å²) in [6.45, 7) is 8.00. The molecule has 0 saturated carbocycles. The fourth-order valence-corrected chi connectivity index (χ4v) is 1.61. The maximum atomic E-state index is 12.0. The predicted molar refractivity (Wildman–Crippen MR) is 68.5 cm³/mol. The zero-order valence-electron chi connectivity index (χ0n) is 12.2. The molecule has 112 valence electrons. The minimum Gasteiger partial charge on any atom is -0.466 e. The van der Waals surface area contributed by atoms with Crippen molar-refractivity contribution in [2.24, 2.45) is 0 Å². The molecule has 19 heavy (non-hydrogen) atoms. The summed E-state index contributed by atoms with van der Waals surface area (Å²) in [5.41, 5.74) is 0. The number of esters is 2. The number of ether oxygens (including phenoxy) is 4. The predicted octanol–water partition coefficient (Wildman–Crippen LogP) is 1.66. The average Bonchev–Trinajstić information content (AvgIpc) is 2.37. The molecule has 6 heteroatoms. The Kier molecular flexibility index (Phi) is 9.16. The Bertz CT molecular complexity index is 270. The number of hydrogen-bond acceptors (Lipinski definition) is 6. The molecule has 0 aromatic rings. The quantitative estimate of drug-likeness (QED) is 0.446. The molecule has 0 amide bonds. The van der Waals surface area contributed by atoms with Gasteiger partial charge in [0.25, 0.3) is 5.79 Å². The van der Waals surface area contributed by atoms with Crippen molar-refractivity contribution >= 4 is 11.9 Å². The van der Waals surface area contributed by atoms with Gasteiger partial charge in [-0.2, -0.15) is 0 Å². The lowest BCUT2D eigenvalue weighted by Crippen LogP contribution is -2.46. The van der Waals surface area contributed by atoms with Gasteiger partial charge in [-0.1, -0.05) is 0 Å². The van der Waals surface area contributed by atoms with Crippen LogP contribution in [0.1, 0.15) is 40.5 Å². The topological polar surface area (TPSA) is 71.1 Å². The largest absolute Gasteiger partial charge is 0.466 e. The Labute approximate surface area is 114 Å². The van der Waals surface area contributed by atoms with Gasteiger partial charge in [-0.05, 0) is 27.7 Å². The van der Waals surface area contributed by atoms with E-state index in [-0.39, 0.29) is 32.7 Å². The summed E-state index contributed by atoms with van der Waals surface area (Å²) < 4.78 is 20.6. The van der Waals surface area contributed by atoms with E-state index in [4.69, 9.17) is 18.9 Å². The number of rotatable bonds is 10. The highest BCUT2D eigenvalue weighted by molar-refractivity contribution is 5.79. The second kappa shape index (κ2) is 9.75. The van der Waals surface area contributed by atoms with Gasteiger partial charge in [0.05, 0.1) is 19.6 Å². The summed E-state index contributed by atoms with van der Waals surface area (Å²) in [5, 5.41) is 0. The van der Waals surface area contributed by atoms with Crippen LogP contribution in [0, 0.1) is 0 Å². The van der Waals surface area contributed by atoms with Gasteiger partial charge in [0.1, 0.15) is 0 Å². The molecule has 0 aliphatic heterocycles. The molecule has 0 unspecified atom stereocenters. The van der Waals surface area contributed by atoms with E-state index in [9.17, 15) is 9.59 Å². The van der Waals surface area contributed by atoms with E-state index in [1.807, 2.05) is 0 Å². The number of hydrogen-bond donors (Lipinski definition) is 0. The molecular weight excluding hydrogens is 252 g/mol. The molecule has 6 nitrogen and oxygen atoms in total. The van der Waals surface area contributed by atoms with E-state index in [0.29, 0.717) is 6.61 Å². The average molecular weight is 276 g/mol. The summed E-state index contributed by atoms with van der Waals surface area (Å²) in [4.78, 5) is 23.4. The van der Waals surface area contributed by atoms with Crippen molar-refractivity contribution in [3.05, 3.63) is 0 Å². The molecule has 0 radical (unpaired) electrons. The van der Waals surface area contributed by atoms with Gasteiger partial charge in [0.15, 0.2) is 0 Å². The summed E-state index contributed by atoms with van der Waals surface area (Å²) in [6, 6.07) is 0. The van der Waals surface area contributed by atoms with Crippen molar-refractivity contribution in [3.63, 3.8) is 0 Å². The zero-order chi connectivity index (χ0) is 14.7. The molecule has 0 aromatic carbocycles. The van der Waals surface area contributed by atoms with Crippen LogP contribution in [-0.2, 0) is 28.5 Å². The van der Waals surface area contributed by atoms with Crippen LogP contribution >= 0.6 is 0 Å². The monoisotopic (exact) mass is 276 g/mol. The third-order valence-corrected chi connectivity index (χ3v) is 2.30. The normalized spacial score (nSPS) is 11.2. The van der Waals surface area contributed by atoms with Crippen LogP contribution in [0.4, 0.5) is 0 Å². The fourth-order valence-electron chi connectivity index (χ4n) is 1.61. The molecule has 0 heterocycles. The van der Waals surface area contributed by atoms with E-state index < -0.39 is 17.7 Å². The molecule has 0 N–H and O–H groups in total. The first-order valence-corrected chi connectivity index (χ1v) is 6.66. The molecule has 0 aromatic heterocycles. The van der Waals surface area contributed by atoms with Crippen LogP contribution in [0.25, 0.3) is 0 Å². The molecule has 0 aliphatic rings. The van der Waals surface area contributed by atoms with Crippen LogP contribution in [0.15, 0.2) is 0 Å². The van der Waals surface area contributed by atoms with Crippen molar-refractivity contribution in [1.82, 2.24) is 0 Å². The van der Waals surface area contributed by atoms with Crippen LogP contribution in [0.5, 0.6) is 0 Å². The highest BCUT2D eigenvalue weighted by Gasteiger charge is 2.42. The Morgan fingerprint density at radius 1 is 0.842 bits per heavy atom. The van der Waals surface area contributed by atoms with E-state index in [2.05, 4.69) is 0 Å². The summed E-state index contributed by atoms with van der Waals surface area (Å²) in [7, 11) is 0. The molecule has 0 rings (SSSR count). The van der Waals surface area contributed by atoms with Gasteiger partial charge in [-0.3, -0.25) is 4.79 Å². The summed E-state index contributed by atoms with van der Waals surface area (Å²) in [5.74, 6) is -2.52. The SMILES string of the molecule is CCOC(=O)CCC(OCC)(OCC)C(=O)OCC. The van der Waals surface area contributed by atoms with E-state index in [0.717, 1.165) is 0 Å². The molecule has 0 fully saturated rings. The number of carbonyl (C=O) groups is 2. The lowest BCUT2D eigenvalue weighted by Gasteiger charge is -2.30. The fraction of sp³-hybridized carbons (Fsp3) is 0.846.